The van der Waals surface area contributed by atoms with Gasteiger partial charge in [-0.2, -0.15) is 0 Å². The molecule has 0 atom stereocenters. The van der Waals surface area contributed by atoms with Crippen LogP contribution >= 0.6 is 39.7 Å². The van der Waals surface area contributed by atoms with Crippen LogP contribution in [0.25, 0.3) is 0 Å². The molecule has 1 amide bonds. The highest BCUT2D eigenvalue weighted by Crippen LogP contribution is 2.38. The fraction of sp³-hybridized carbons (Fsp3) is 0.429. The van der Waals surface area contributed by atoms with E-state index >= 15 is 0 Å². The second kappa shape index (κ2) is 6.41. The van der Waals surface area contributed by atoms with E-state index in [9.17, 15) is 4.79 Å². The summed E-state index contributed by atoms with van der Waals surface area (Å²) in [5.74, 6) is -0.112. The SMILES string of the molecule is NC(=S)C1(C(=O)Nc2ccc(Cl)c(Br)c2)CCCCC1. The Morgan fingerprint density at radius 1 is 1.35 bits per heavy atom. The lowest BCUT2D eigenvalue weighted by molar-refractivity contribution is -0.123. The summed E-state index contributed by atoms with van der Waals surface area (Å²) < 4.78 is 0.741. The number of amides is 1. The number of nitrogens with two attached hydrogens (primary N) is 1. The molecule has 6 heteroatoms. The van der Waals surface area contributed by atoms with Gasteiger partial charge in [0, 0.05) is 10.2 Å². The Balaban J connectivity index is 2.20. The van der Waals surface area contributed by atoms with Crippen LogP contribution in [0, 0.1) is 5.41 Å². The van der Waals surface area contributed by atoms with Crippen LogP contribution in [0.15, 0.2) is 22.7 Å². The average molecular weight is 376 g/mol. The van der Waals surface area contributed by atoms with Crippen molar-refractivity contribution in [1.82, 2.24) is 0 Å². The highest BCUT2D eigenvalue weighted by Gasteiger charge is 2.42. The molecule has 0 spiro atoms. The molecule has 0 bridgehead atoms. The number of carbonyl (C=O) groups is 1. The van der Waals surface area contributed by atoms with Crippen molar-refractivity contribution in [1.29, 1.82) is 0 Å². The smallest absolute Gasteiger partial charge is 0.237 e. The van der Waals surface area contributed by atoms with Crippen LogP contribution in [0.4, 0.5) is 5.69 Å². The highest BCUT2D eigenvalue weighted by molar-refractivity contribution is 9.10. The van der Waals surface area contributed by atoms with E-state index in [-0.39, 0.29) is 5.91 Å². The van der Waals surface area contributed by atoms with Crippen LogP contribution in [0.1, 0.15) is 32.1 Å². The van der Waals surface area contributed by atoms with Gasteiger partial charge in [0.15, 0.2) is 0 Å². The van der Waals surface area contributed by atoms with Gasteiger partial charge < -0.3 is 11.1 Å². The maximum atomic E-state index is 12.6. The predicted molar refractivity (Wildman–Crippen MR) is 90.1 cm³/mol. The summed E-state index contributed by atoms with van der Waals surface area (Å²) in [6, 6.07) is 5.27. The minimum Gasteiger partial charge on any atom is -0.392 e. The summed E-state index contributed by atoms with van der Waals surface area (Å²) in [7, 11) is 0. The number of halogens is 2. The summed E-state index contributed by atoms with van der Waals surface area (Å²) in [4.78, 5) is 12.9. The third-order valence-electron chi connectivity index (χ3n) is 3.79. The number of benzene rings is 1. The first-order valence-corrected chi connectivity index (χ1v) is 8.10. The molecule has 1 fully saturated rings. The van der Waals surface area contributed by atoms with Crippen molar-refractivity contribution in [3.05, 3.63) is 27.7 Å². The fourth-order valence-electron chi connectivity index (χ4n) is 2.57. The van der Waals surface area contributed by atoms with Gasteiger partial charge in [-0.15, -0.1) is 0 Å². The van der Waals surface area contributed by atoms with Crippen LogP contribution < -0.4 is 11.1 Å². The first-order valence-electron chi connectivity index (χ1n) is 6.52. The van der Waals surface area contributed by atoms with Crippen molar-refractivity contribution in [2.24, 2.45) is 11.1 Å². The second-order valence-electron chi connectivity index (χ2n) is 5.09. The number of carbonyl (C=O) groups excluding carboxylic acids is 1. The van der Waals surface area contributed by atoms with E-state index in [0.717, 1.165) is 36.6 Å². The Labute approximate surface area is 137 Å². The van der Waals surface area contributed by atoms with Crippen molar-refractivity contribution < 1.29 is 4.79 Å². The van der Waals surface area contributed by atoms with E-state index in [1.807, 2.05) is 0 Å². The lowest BCUT2D eigenvalue weighted by Gasteiger charge is -2.34. The zero-order valence-corrected chi connectivity index (χ0v) is 14.1. The number of thiocarbonyl (C=S) groups is 1. The largest absolute Gasteiger partial charge is 0.392 e. The monoisotopic (exact) mass is 374 g/mol. The van der Waals surface area contributed by atoms with Crippen LogP contribution in [-0.4, -0.2) is 10.9 Å². The lowest BCUT2D eigenvalue weighted by Crippen LogP contribution is -2.47. The number of nitrogens with one attached hydrogen (secondary N) is 1. The summed E-state index contributed by atoms with van der Waals surface area (Å²) in [5.41, 5.74) is 5.83. The van der Waals surface area contributed by atoms with Gasteiger partial charge in [-0.25, -0.2) is 0 Å². The average Bonchev–Trinajstić information content (AvgIpc) is 2.43. The highest BCUT2D eigenvalue weighted by atomic mass is 79.9. The molecule has 0 radical (unpaired) electrons. The first kappa shape index (κ1) is 15.7. The van der Waals surface area contributed by atoms with E-state index in [4.69, 9.17) is 29.6 Å². The van der Waals surface area contributed by atoms with Crippen molar-refractivity contribution >= 4 is 56.3 Å². The summed E-state index contributed by atoms with van der Waals surface area (Å²) in [5, 5.41) is 3.51. The molecule has 1 saturated carbocycles. The molecule has 20 heavy (non-hydrogen) atoms. The van der Waals surface area contributed by atoms with Crippen LogP contribution in [0.3, 0.4) is 0 Å². The van der Waals surface area contributed by atoms with Gasteiger partial charge >= 0.3 is 0 Å². The molecule has 0 unspecified atom stereocenters. The van der Waals surface area contributed by atoms with Gasteiger partial charge in [-0.3, -0.25) is 4.79 Å². The Morgan fingerprint density at radius 3 is 2.55 bits per heavy atom. The van der Waals surface area contributed by atoms with Gasteiger partial charge in [0.2, 0.25) is 5.91 Å². The number of rotatable bonds is 3. The quantitative estimate of drug-likeness (QED) is 0.775. The van der Waals surface area contributed by atoms with Crippen molar-refractivity contribution in [3.63, 3.8) is 0 Å². The molecule has 2 rings (SSSR count). The lowest BCUT2D eigenvalue weighted by atomic mass is 9.73. The predicted octanol–water partition coefficient (Wildman–Crippen LogP) is 4.28. The van der Waals surface area contributed by atoms with Gasteiger partial charge in [0.1, 0.15) is 0 Å². The Morgan fingerprint density at radius 2 is 2.00 bits per heavy atom. The van der Waals surface area contributed by atoms with E-state index in [0.29, 0.717) is 15.7 Å². The molecular formula is C14H16BrClN2OS. The van der Waals surface area contributed by atoms with Gasteiger partial charge in [-0.1, -0.05) is 43.1 Å². The second-order valence-corrected chi connectivity index (χ2v) is 6.79. The molecule has 1 aromatic carbocycles. The molecular weight excluding hydrogens is 360 g/mol. The van der Waals surface area contributed by atoms with Crippen LogP contribution in [-0.2, 0) is 4.79 Å². The standard InChI is InChI=1S/C14H16BrClN2OS/c15-10-8-9(4-5-11(10)16)18-13(19)14(12(17)20)6-2-1-3-7-14/h4-5,8H,1-3,6-7H2,(H2,17,20)(H,18,19). The minimum atomic E-state index is -0.709. The summed E-state index contributed by atoms with van der Waals surface area (Å²) >= 11 is 14.4. The molecule has 1 aliphatic carbocycles. The van der Waals surface area contributed by atoms with Crippen LogP contribution in [0.2, 0.25) is 5.02 Å². The minimum absolute atomic E-state index is 0.112. The molecule has 0 saturated heterocycles. The first-order chi connectivity index (χ1) is 9.45. The topological polar surface area (TPSA) is 55.1 Å². The van der Waals surface area contributed by atoms with Gasteiger partial charge in [-0.05, 0) is 47.0 Å². The van der Waals surface area contributed by atoms with Crippen LogP contribution in [0.5, 0.6) is 0 Å². The van der Waals surface area contributed by atoms with Crippen molar-refractivity contribution in [2.45, 2.75) is 32.1 Å². The molecule has 3 nitrogen and oxygen atoms in total. The molecule has 3 N–H and O–H groups in total. The summed E-state index contributed by atoms with van der Waals surface area (Å²) in [6.45, 7) is 0. The maximum Gasteiger partial charge on any atom is 0.237 e. The molecule has 108 valence electrons. The number of anilines is 1. The zero-order valence-electron chi connectivity index (χ0n) is 10.9. The number of hydrogen-bond acceptors (Lipinski definition) is 2. The summed E-state index contributed by atoms with van der Waals surface area (Å²) in [6.07, 6.45) is 4.54. The third kappa shape index (κ3) is 3.15. The Kier molecular flexibility index (Phi) is 5.04. The van der Waals surface area contributed by atoms with Crippen molar-refractivity contribution in [3.8, 4) is 0 Å². The molecule has 0 aliphatic heterocycles. The van der Waals surface area contributed by atoms with E-state index < -0.39 is 5.41 Å². The van der Waals surface area contributed by atoms with Gasteiger partial charge in [0.25, 0.3) is 0 Å². The van der Waals surface area contributed by atoms with E-state index in [2.05, 4.69) is 21.2 Å². The zero-order chi connectivity index (χ0) is 14.8. The van der Waals surface area contributed by atoms with E-state index in [1.165, 1.54) is 0 Å². The molecule has 0 heterocycles. The van der Waals surface area contributed by atoms with E-state index in [1.54, 1.807) is 18.2 Å². The molecule has 1 aliphatic rings. The third-order valence-corrected chi connectivity index (χ3v) is 5.40. The maximum absolute atomic E-state index is 12.6. The fourth-order valence-corrected chi connectivity index (χ4v) is 3.36. The molecule has 0 aromatic heterocycles. The Bertz CT molecular complexity index is 544. The normalized spacial score (nSPS) is 17.5. The molecule has 1 aromatic rings. The Hall–Kier alpha value is -0.650. The van der Waals surface area contributed by atoms with Crippen molar-refractivity contribution in [2.75, 3.05) is 5.32 Å². The number of hydrogen-bond donors (Lipinski definition) is 2. The van der Waals surface area contributed by atoms with Gasteiger partial charge in [0.05, 0.1) is 15.4 Å².